The monoisotopic (exact) mass is 562 g/mol. The van der Waals surface area contributed by atoms with Crippen molar-refractivity contribution in [3.8, 4) is 5.75 Å². The molecule has 2 amide bonds. The average molecular weight is 563 g/mol. The molecule has 0 unspecified atom stereocenters. The predicted molar refractivity (Wildman–Crippen MR) is 135 cm³/mol. The number of hydrazone groups is 1. The zero-order valence-electron chi connectivity index (χ0n) is 19.1. The highest BCUT2D eigenvalue weighted by molar-refractivity contribution is 9.10. The standard InChI is InChI=1S/C23H23BrN4O6S/c1-15-22(24)12-20(34-15)13-25-27-23(30)14-28(18-6-8-19(33-3)9-7-18)35(31,32)21-10-4-17(5-11-21)26-16(2)29/h4-13H,14H2,1-3H3,(H,26,29)(H,27,30)/b25-13-. The van der Waals surface area contributed by atoms with Crippen LogP contribution in [0, 0.1) is 6.92 Å². The smallest absolute Gasteiger partial charge is 0.264 e. The molecule has 0 radical (unpaired) electrons. The van der Waals surface area contributed by atoms with E-state index in [2.05, 4.69) is 31.8 Å². The number of hydrogen-bond donors (Lipinski definition) is 2. The Morgan fingerprint density at radius 1 is 1.14 bits per heavy atom. The molecule has 0 fully saturated rings. The van der Waals surface area contributed by atoms with Crippen molar-refractivity contribution in [2.24, 2.45) is 5.10 Å². The van der Waals surface area contributed by atoms with Gasteiger partial charge in [0.2, 0.25) is 5.91 Å². The number of methoxy groups -OCH3 is 1. The van der Waals surface area contributed by atoms with E-state index in [0.29, 0.717) is 23.0 Å². The summed E-state index contributed by atoms with van der Waals surface area (Å²) >= 11 is 3.32. The first-order valence-electron chi connectivity index (χ1n) is 10.2. The summed E-state index contributed by atoms with van der Waals surface area (Å²) in [7, 11) is -2.66. The fraction of sp³-hybridized carbons (Fsp3) is 0.174. The minimum Gasteiger partial charge on any atom is -0.497 e. The Balaban J connectivity index is 1.85. The minimum absolute atomic E-state index is 0.0605. The third-order valence-electron chi connectivity index (χ3n) is 4.67. The molecule has 1 heterocycles. The maximum absolute atomic E-state index is 13.5. The first-order chi connectivity index (χ1) is 16.6. The largest absolute Gasteiger partial charge is 0.497 e. The molecule has 35 heavy (non-hydrogen) atoms. The second-order valence-corrected chi connectivity index (χ2v) is 9.98. The Hall–Kier alpha value is -3.64. The first kappa shape index (κ1) is 26.0. The molecule has 184 valence electrons. The number of furan rings is 1. The fourth-order valence-electron chi connectivity index (χ4n) is 2.98. The van der Waals surface area contributed by atoms with Crippen LogP contribution in [0.3, 0.4) is 0 Å². The van der Waals surface area contributed by atoms with Gasteiger partial charge in [0.05, 0.1) is 28.4 Å². The van der Waals surface area contributed by atoms with Crippen molar-refractivity contribution in [1.82, 2.24) is 5.43 Å². The van der Waals surface area contributed by atoms with Gasteiger partial charge in [-0.25, -0.2) is 13.8 Å². The first-order valence-corrected chi connectivity index (χ1v) is 12.5. The van der Waals surface area contributed by atoms with Crippen molar-refractivity contribution in [3.05, 3.63) is 70.6 Å². The van der Waals surface area contributed by atoms with Crippen molar-refractivity contribution in [1.29, 1.82) is 0 Å². The number of benzene rings is 2. The van der Waals surface area contributed by atoms with Crippen LogP contribution in [-0.2, 0) is 19.6 Å². The van der Waals surface area contributed by atoms with Crippen LogP contribution >= 0.6 is 15.9 Å². The highest BCUT2D eigenvalue weighted by Gasteiger charge is 2.27. The van der Waals surface area contributed by atoms with Crippen molar-refractivity contribution < 1.29 is 27.2 Å². The Morgan fingerprint density at radius 2 is 1.80 bits per heavy atom. The van der Waals surface area contributed by atoms with Gasteiger partial charge in [-0.1, -0.05) is 0 Å². The van der Waals surface area contributed by atoms with Crippen LogP contribution in [0.2, 0.25) is 0 Å². The predicted octanol–water partition coefficient (Wildman–Crippen LogP) is 3.66. The summed E-state index contributed by atoms with van der Waals surface area (Å²) in [6, 6.07) is 13.6. The van der Waals surface area contributed by atoms with E-state index in [4.69, 9.17) is 9.15 Å². The maximum atomic E-state index is 13.5. The summed E-state index contributed by atoms with van der Waals surface area (Å²) in [5.74, 6) is 0.639. The highest BCUT2D eigenvalue weighted by Crippen LogP contribution is 2.26. The lowest BCUT2D eigenvalue weighted by Crippen LogP contribution is -2.39. The van der Waals surface area contributed by atoms with Gasteiger partial charge < -0.3 is 14.5 Å². The van der Waals surface area contributed by atoms with Crippen LogP contribution in [-0.4, -0.2) is 40.1 Å². The number of hydrogen-bond acceptors (Lipinski definition) is 7. The van der Waals surface area contributed by atoms with Crippen LogP contribution < -0.4 is 19.8 Å². The number of rotatable bonds is 9. The maximum Gasteiger partial charge on any atom is 0.264 e. The lowest BCUT2D eigenvalue weighted by atomic mass is 10.3. The van der Waals surface area contributed by atoms with E-state index in [1.807, 2.05) is 0 Å². The van der Waals surface area contributed by atoms with Gasteiger partial charge in [-0.05, 0) is 71.4 Å². The zero-order chi connectivity index (χ0) is 25.6. The van der Waals surface area contributed by atoms with Crippen LogP contribution in [0.4, 0.5) is 11.4 Å². The quantitative estimate of drug-likeness (QED) is 0.302. The summed E-state index contributed by atoms with van der Waals surface area (Å²) in [5, 5.41) is 6.42. The number of nitrogens with zero attached hydrogens (tertiary/aromatic N) is 2. The van der Waals surface area contributed by atoms with Gasteiger partial charge in [0.1, 0.15) is 23.8 Å². The van der Waals surface area contributed by atoms with E-state index in [1.54, 1.807) is 25.1 Å². The molecule has 3 rings (SSSR count). The van der Waals surface area contributed by atoms with E-state index in [1.165, 1.54) is 56.6 Å². The second kappa shape index (κ2) is 11.2. The van der Waals surface area contributed by atoms with Crippen LogP contribution in [0.5, 0.6) is 5.75 Å². The molecule has 0 atom stereocenters. The number of ether oxygens (including phenoxy) is 1. The molecule has 10 nitrogen and oxygen atoms in total. The normalized spacial score (nSPS) is 11.3. The number of aryl methyl sites for hydroxylation is 1. The number of carbonyl (C=O) groups is 2. The number of nitrogens with one attached hydrogen (secondary N) is 2. The highest BCUT2D eigenvalue weighted by atomic mass is 79.9. The SMILES string of the molecule is COc1ccc(N(CC(=O)N/N=C\c2cc(Br)c(C)o2)S(=O)(=O)c2ccc(NC(C)=O)cc2)cc1. The van der Waals surface area contributed by atoms with Gasteiger partial charge in [0, 0.05) is 18.7 Å². The fourth-order valence-corrected chi connectivity index (χ4v) is 4.71. The van der Waals surface area contributed by atoms with E-state index < -0.39 is 22.5 Å². The molecule has 0 aliphatic rings. The van der Waals surface area contributed by atoms with Crippen molar-refractivity contribution in [3.63, 3.8) is 0 Å². The van der Waals surface area contributed by atoms with Gasteiger partial charge in [0.15, 0.2) is 0 Å². The number of anilines is 2. The number of amides is 2. The van der Waals surface area contributed by atoms with Gasteiger partial charge in [-0.3, -0.25) is 13.9 Å². The Morgan fingerprint density at radius 3 is 2.34 bits per heavy atom. The summed E-state index contributed by atoms with van der Waals surface area (Å²) in [4.78, 5) is 23.8. The molecule has 2 aromatic carbocycles. The van der Waals surface area contributed by atoms with E-state index in [-0.39, 0.29) is 16.5 Å². The number of halogens is 1. The molecule has 0 aliphatic heterocycles. The molecule has 0 saturated heterocycles. The van der Waals surface area contributed by atoms with E-state index in [9.17, 15) is 18.0 Å². The van der Waals surface area contributed by atoms with Crippen molar-refractivity contribution >= 4 is 55.4 Å². The van der Waals surface area contributed by atoms with Gasteiger partial charge >= 0.3 is 0 Å². The molecule has 12 heteroatoms. The molecule has 0 spiro atoms. The lowest BCUT2D eigenvalue weighted by Gasteiger charge is -2.24. The minimum atomic E-state index is -4.15. The zero-order valence-corrected chi connectivity index (χ0v) is 21.5. The Labute approximate surface area is 211 Å². The van der Waals surface area contributed by atoms with Crippen LogP contribution in [0.15, 0.2) is 73.5 Å². The number of sulfonamides is 1. The van der Waals surface area contributed by atoms with Crippen molar-refractivity contribution in [2.75, 3.05) is 23.3 Å². The molecule has 1 aromatic heterocycles. The average Bonchev–Trinajstić information content (AvgIpc) is 3.14. The second-order valence-electron chi connectivity index (χ2n) is 7.26. The summed E-state index contributed by atoms with van der Waals surface area (Å²) in [6.45, 7) is 2.57. The molecule has 0 aliphatic carbocycles. The molecule has 0 saturated carbocycles. The number of carbonyl (C=O) groups excluding carboxylic acids is 2. The van der Waals surface area contributed by atoms with Crippen LogP contribution in [0.25, 0.3) is 0 Å². The van der Waals surface area contributed by atoms with Gasteiger partial charge in [0.25, 0.3) is 15.9 Å². The van der Waals surface area contributed by atoms with E-state index in [0.717, 1.165) is 8.78 Å². The third kappa shape index (κ3) is 6.70. The van der Waals surface area contributed by atoms with Crippen LogP contribution in [0.1, 0.15) is 18.4 Å². The molecular weight excluding hydrogens is 540 g/mol. The Bertz CT molecular complexity index is 1320. The van der Waals surface area contributed by atoms with Gasteiger partial charge in [-0.2, -0.15) is 5.10 Å². The van der Waals surface area contributed by atoms with Gasteiger partial charge in [-0.15, -0.1) is 0 Å². The van der Waals surface area contributed by atoms with Crippen molar-refractivity contribution in [2.45, 2.75) is 18.7 Å². The van der Waals surface area contributed by atoms with E-state index >= 15 is 0 Å². The molecule has 2 N–H and O–H groups in total. The topological polar surface area (TPSA) is 130 Å². The Kier molecular flexibility index (Phi) is 8.30. The molecule has 3 aromatic rings. The summed E-state index contributed by atoms with van der Waals surface area (Å²) < 4.78 is 39.2. The summed E-state index contributed by atoms with van der Waals surface area (Å²) in [6.07, 6.45) is 1.31. The summed E-state index contributed by atoms with van der Waals surface area (Å²) in [5.41, 5.74) is 3.01. The molecular formula is C23H23BrN4O6S. The third-order valence-corrected chi connectivity index (χ3v) is 7.24. The molecule has 0 bridgehead atoms. The lowest BCUT2D eigenvalue weighted by molar-refractivity contribution is -0.119.